The SMILES string of the molecule is CCOC(=O)CCCCCC[C@@H](C(=O)OC)N(C(=O)OC(C)(C)C)C(=O)OC(C)(C)C. The summed E-state index contributed by atoms with van der Waals surface area (Å²) in [5.41, 5.74) is -1.74. The fraction of sp³-hybridized carbons (Fsp3) is 0.818. The zero-order valence-electron chi connectivity index (χ0n) is 20.2. The number of rotatable bonds is 10. The number of unbranched alkanes of at least 4 members (excludes halogenated alkanes) is 3. The highest BCUT2D eigenvalue weighted by Gasteiger charge is 2.40. The molecule has 0 saturated heterocycles. The second-order valence-electron chi connectivity index (χ2n) is 9.13. The van der Waals surface area contributed by atoms with Crippen molar-refractivity contribution in [3.63, 3.8) is 0 Å². The van der Waals surface area contributed by atoms with Crippen LogP contribution in [0.15, 0.2) is 0 Å². The molecule has 180 valence electrons. The molecule has 0 bridgehead atoms. The van der Waals surface area contributed by atoms with Gasteiger partial charge in [0.1, 0.15) is 17.2 Å². The molecule has 0 spiro atoms. The van der Waals surface area contributed by atoms with Gasteiger partial charge in [-0.05, 0) is 61.3 Å². The van der Waals surface area contributed by atoms with Crippen molar-refractivity contribution in [2.45, 2.75) is 104 Å². The van der Waals surface area contributed by atoms with E-state index >= 15 is 0 Å². The Morgan fingerprint density at radius 3 is 1.71 bits per heavy atom. The van der Waals surface area contributed by atoms with Crippen LogP contribution in [-0.4, -0.2) is 60.0 Å². The van der Waals surface area contributed by atoms with Gasteiger partial charge in [0, 0.05) is 6.42 Å². The van der Waals surface area contributed by atoms with E-state index in [4.69, 9.17) is 18.9 Å². The number of nitrogens with zero attached hydrogens (tertiary/aromatic N) is 1. The fourth-order valence-corrected chi connectivity index (χ4v) is 2.63. The van der Waals surface area contributed by atoms with E-state index in [9.17, 15) is 19.2 Å². The molecule has 0 N–H and O–H groups in total. The smallest absolute Gasteiger partial charge is 0.420 e. The highest BCUT2D eigenvalue weighted by molar-refractivity contribution is 5.94. The van der Waals surface area contributed by atoms with Crippen molar-refractivity contribution in [1.29, 1.82) is 0 Å². The first-order valence-electron chi connectivity index (χ1n) is 10.7. The van der Waals surface area contributed by atoms with Gasteiger partial charge in [0.25, 0.3) is 0 Å². The maximum absolute atomic E-state index is 12.8. The van der Waals surface area contributed by atoms with Crippen LogP contribution in [0.4, 0.5) is 9.59 Å². The molecule has 0 aromatic heterocycles. The third kappa shape index (κ3) is 12.9. The van der Waals surface area contributed by atoms with E-state index in [0.29, 0.717) is 37.2 Å². The predicted molar refractivity (Wildman–Crippen MR) is 114 cm³/mol. The molecule has 0 aliphatic rings. The first-order valence-corrected chi connectivity index (χ1v) is 10.7. The van der Waals surface area contributed by atoms with Crippen molar-refractivity contribution in [2.24, 2.45) is 0 Å². The quantitative estimate of drug-likeness (QED) is 0.273. The van der Waals surface area contributed by atoms with Crippen molar-refractivity contribution in [2.75, 3.05) is 13.7 Å². The van der Waals surface area contributed by atoms with Gasteiger partial charge >= 0.3 is 24.1 Å². The molecule has 0 rings (SSSR count). The van der Waals surface area contributed by atoms with Crippen LogP contribution in [0.2, 0.25) is 0 Å². The fourth-order valence-electron chi connectivity index (χ4n) is 2.63. The van der Waals surface area contributed by atoms with Gasteiger partial charge in [0.2, 0.25) is 0 Å². The molecule has 9 heteroatoms. The molecule has 0 aliphatic carbocycles. The van der Waals surface area contributed by atoms with Crippen LogP contribution in [0.1, 0.15) is 87.0 Å². The molecule has 0 heterocycles. The van der Waals surface area contributed by atoms with Crippen molar-refractivity contribution < 1.29 is 38.1 Å². The van der Waals surface area contributed by atoms with Gasteiger partial charge < -0.3 is 18.9 Å². The number of ether oxygens (including phenoxy) is 4. The molecule has 0 aliphatic heterocycles. The van der Waals surface area contributed by atoms with Gasteiger partial charge in [0.05, 0.1) is 13.7 Å². The Morgan fingerprint density at radius 1 is 0.806 bits per heavy atom. The van der Waals surface area contributed by atoms with E-state index in [0.717, 1.165) is 6.42 Å². The number of hydrogen-bond donors (Lipinski definition) is 0. The van der Waals surface area contributed by atoms with E-state index in [1.165, 1.54) is 7.11 Å². The molecular weight excluding hydrogens is 406 g/mol. The Hall–Kier alpha value is -2.32. The molecule has 0 aromatic rings. The van der Waals surface area contributed by atoms with Gasteiger partial charge in [-0.3, -0.25) is 4.79 Å². The molecule has 0 aromatic carbocycles. The maximum atomic E-state index is 12.8. The van der Waals surface area contributed by atoms with Crippen LogP contribution in [-0.2, 0) is 28.5 Å². The number of hydrogen-bond acceptors (Lipinski definition) is 8. The summed E-state index contributed by atoms with van der Waals surface area (Å²) in [4.78, 5) is 50.0. The Morgan fingerprint density at radius 2 is 1.29 bits per heavy atom. The highest BCUT2D eigenvalue weighted by Crippen LogP contribution is 2.21. The second-order valence-corrected chi connectivity index (χ2v) is 9.13. The van der Waals surface area contributed by atoms with Crippen molar-refractivity contribution in [3.8, 4) is 0 Å². The van der Waals surface area contributed by atoms with Crippen LogP contribution in [0.25, 0.3) is 0 Å². The van der Waals surface area contributed by atoms with Crippen LogP contribution in [0.3, 0.4) is 0 Å². The lowest BCUT2D eigenvalue weighted by Gasteiger charge is -2.32. The summed E-state index contributed by atoms with van der Waals surface area (Å²) >= 11 is 0. The standard InChI is InChI=1S/C22H39NO8/c1-9-29-17(24)15-13-11-10-12-14-16(18(25)28-8)23(19(26)30-21(2,3)4)20(27)31-22(5,6)7/h16H,9-15H2,1-8H3/t16-/m0/s1. The van der Waals surface area contributed by atoms with Gasteiger partial charge in [-0.1, -0.05) is 19.3 Å². The maximum Gasteiger partial charge on any atom is 0.420 e. The van der Waals surface area contributed by atoms with Crippen LogP contribution in [0, 0.1) is 0 Å². The summed E-state index contributed by atoms with van der Waals surface area (Å²) in [5.74, 6) is -0.973. The van der Waals surface area contributed by atoms with Crippen molar-refractivity contribution >= 4 is 24.1 Å². The highest BCUT2D eigenvalue weighted by atomic mass is 16.6. The van der Waals surface area contributed by atoms with Crippen molar-refractivity contribution in [3.05, 3.63) is 0 Å². The minimum absolute atomic E-state index is 0.185. The summed E-state index contributed by atoms with van der Waals surface area (Å²) in [7, 11) is 1.19. The van der Waals surface area contributed by atoms with Crippen LogP contribution in [0.5, 0.6) is 0 Å². The molecule has 0 unspecified atom stereocenters. The molecule has 31 heavy (non-hydrogen) atoms. The predicted octanol–water partition coefficient (Wildman–Crippen LogP) is 4.60. The lowest BCUT2D eigenvalue weighted by atomic mass is 10.1. The number of methoxy groups -OCH3 is 1. The molecule has 0 fully saturated rings. The number of carbonyl (C=O) groups excluding carboxylic acids is 4. The molecule has 0 saturated carbocycles. The topological polar surface area (TPSA) is 108 Å². The van der Waals surface area contributed by atoms with Gasteiger partial charge in [-0.25, -0.2) is 14.4 Å². The summed E-state index contributed by atoms with van der Waals surface area (Å²) in [5, 5.41) is 0. The van der Waals surface area contributed by atoms with Crippen LogP contribution < -0.4 is 0 Å². The average Bonchev–Trinajstić information content (AvgIpc) is 2.59. The molecule has 1 atom stereocenters. The Balaban J connectivity index is 5.25. The minimum Gasteiger partial charge on any atom is -0.467 e. The first kappa shape index (κ1) is 28.7. The summed E-state index contributed by atoms with van der Waals surface area (Å²) in [6.07, 6.45) is 1.20. The molecular formula is C22H39NO8. The monoisotopic (exact) mass is 445 g/mol. The summed E-state index contributed by atoms with van der Waals surface area (Å²) in [6.45, 7) is 12.1. The van der Waals surface area contributed by atoms with Gasteiger partial charge in [-0.2, -0.15) is 4.90 Å². The van der Waals surface area contributed by atoms with Gasteiger partial charge in [-0.15, -0.1) is 0 Å². The third-order valence-electron chi connectivity index (χ3n) is 3.88. The number of carbonyl (C=O) groups is 4. The molecule has 9 nitrogen and oxygen atoms in total. The largest absolute Gasteiger partial charge is 0.467 e. The zero-order chi connectivity index (χ0) is 24.2. The van der Waals surface area contributed by atoms with Gasteiger partial charge in [0.15, 0.2) is 0 Å². The normalized spacial score (nSPS) is 12.5. The number of esters is 2. The van der Waals surface area contributed by atoms with Crippen LogP contribution >= 0.6 is 0 Å². The Bertz CT molecular complexity index is 576. The Kier molecular flexibility index (Phi) is 12.2. The first-order chi connectivity index (χ1) is 14.2. The molecule has 0 radical (unpaired) electrons. The summed E-state index contributed by atoms with van der Waals surface area (Å²) < 4.78 is 20.4. The van der Waals surface area contributed by atoms with Crippen molar-refractivity contribution in [1.82, 2.24) is 4.90 Å². The number of amides is 2. The van der Waals surface area contributed by atoms with E-state index in [1.807, 2.05) is 0 Å². The summed E-state index contributed by atoms with van der Waals surface area (Å²) in [6, 6.07) is -1.18. The lowest BCUT2D eigenvalue weighted by molar-refractivity contribution is -0.147. The second kappa shape index (κ2) is 13.2. The van der Waals surface area contributed by atoms with E-state index < -0.39 is 35.4 Å². The van der Waals surface area contributed by atoms with E-state index in [1.54, 1.807) is 48.5 Å². The van der Waals surface area contributed by atoms with E-state index in [2.05, 4.69) is 0 Å². The lowest BCUT2D eigenvalue weighted by Crippen LogP contribution is -2.52. The molecule has 2 amide bonds. The minimum atomic E-state index is -1.18. The third-order valence-corrected chi connectivity index (χ3v) is 3.88. The average molecular weight is 446 g/mol. The van der Waals surface area contributed by atoms with E-state index in [-0.39, 0.29) is 12.4 Å². The Labute approximate surface area is 185 Å². The number of imide groups is 1. The zero-order valence-corrected chi connectivity index (χ0v) is 20.2.